The highest BCUT2D eigenvalue weighted by molar-refractivity contribution is 5.79. The summed E-state index contributed by atoms with van der Waals surface area (Å²) in [6.07, 6.45) is 0.817. The molecule has 0 amide bonds. The van der Waals surface area contributed by atoms with Crippen LogP contribution in [0.4, 0.5) is 0 Å². The molecule has 1 aromatic rings. The third-order valence-electron chi connectivity index (χ3n) is 1.50. The Morgan fingerprint density at radius 3 is 2.92 bits per heavy atom. The second-order valence-electron chi connectivity index (χ2n) is 2.35. The lowest BCUT2D eigenvalue weighted by atomic mass is 10.1. The number of carbonyl (C=O) groups is 1. The summed E-state index contributed by atoms with van der Waals surface area (Å²) in [5.41, 5.74) is 0.958. The Morgan fingerprint density at radius 1 is 1.58 bits per heavy atom. The summed E-state index contributed by atoms with van der Waals surface area (Å²) in [4.78, 5) is 10.3. The number of rotatable bonds is 2. The topological polar surface area (TPSA) is 61.1 Å². The van der Waals surface area contributed by atoms with Gasteiger partial charge in [0.25, 0.3) is 0 Å². The van der Waals surface area contributed by atoms with Crippen LogP contribution in [0.2, 0.25) is 0 Å². The molecule has 3 heteroatoms. The zero-order valence-electron chi connectivity index (χ0n) is 6.32. The van der Waals surface area contributed by atoms with E-state index in [0.29, 0.717) is 6.29 Å². The Labute approximate surface area is 69.9 Å². The Bertz CT molecular complexity index is 339. The van der Waals surface area contributed by atoms with Crippen LogP contribution in [-0.2, 0) is 6.42 Å². The molecule has 0 bridgehead atoms. The molecule has 0 aliphatic carbocycles. The quantitative estimate of drug-likeness (QED) is 0.664. The van der Waals surface area contributed by atoms with Gasteiger partial charge in [-0.25, -0.2) is 0 Å². The van der Waals surface area contributed by atoms with Crippen LogP contribution in [0.3, 0.4) is 0 Å². The lowest BCUT2D eigenvalue weighted by molar-refractivity contribution is 0.112. The van der Waals surface area contributed by atoms with E-state index in [4.69, 9.17) is 10.4 Å². The van der Waals surface area contributed by atoms with Crippen molar-refractivity contribution >= 4 is 6.29 Å². The van der Waals surface area contributed by atoms with E-state index in [2.05, 4.69) is 0 Å². The van der Waals surface area contributed by atoms with Crippen molar-refractivity contribution in [1.82, 2.24) is 0 Å². The summed E-state index contributed by atoms with van der Waals surface area (Å²) in [6, 6.07) is 6.49. The van der Waals surface area contributed by atoms with Crippen molar-refractivity contribution in [2.75, 3.05) is 0 Å². The highest BCUT2D eigenvalue weighted by Gasteiger charge is 2.00. The summed E-state index contributed by atoms with van der Waals surface area (Å²) < 4.78 is 0. The first-order valence-corrected chi connectivity index (χ1v) is 3.42. The van der Waals surface area contributed by atoms with E-state index in [1.165, 1.54) is 12.1 Å². The minimum absolute atomic E-state index is 0.0494. The predicted octanol–water partition coefficient (Wildman–Crippen LogP) is 1.27. The molecule has 3 nitrogen and oxygen atoms in total. The lowest BCUT2D eigenvalue weighted by Gasteiger charge is -1.98. The van der Waals surface area contributed by atoms with Gasteiger partial charge in [-0.1, -0.05) is 6.07 Å². The van der Waals surface area contributed by atoms with E-state index >= 15 is 0 Å². The first kappa shape index (κ1) is 8.28. The van der Waals surface area contributed by atoms with E-state index in [1.807, 2.05) is 6.07 Å². The number of benzene rings is 1. The molecule has 0 saturated heterocycles. The summed E-state index contributed by atoms with van der Waals surface area (Å²) >= 11 is 0. The van der Waals surface area contributed by atoms with Crippen LogP contribution in [0, 0.1) is 11.3 Å². The maximum absolute atomic E-state index is 10.3. The third kappa shape index (κ3) is 1.61. The number of hydrogen-bond acceptors (Lipinski definition) is 3. The van der Waals surface area contributed by atoms with Crippen LogP contribution in [0.1, 0.15) is 15.9 Å². The first-order chi connectivity index (χ1) is 5.77. The number of aldehydes is 1. The Morgan fingerprint density at radius 2 is 2.33 bits per heavy atom. The van der Waals surface area contributed by atoms with Gasteiger partial charge in [-0.05, 0) is 17.7 Å². The van der Waals surface area contributed by atoms with Crippen molar-refractivity contribution in [3.05, 3.63) is 29.3 Å². The van der Waals surface area contributed by atoms with E-state index in [1.54, 1.807) is 6.07 Å². The van der Waals surface area contributed by atoms with E-state index < -0.39 is 0 Å². The van der Waals surface area contributed by atoms with E-state index in [0.717, 1.165) is 5.56 Å². The lowest BCUT2D eigenvalue weighted by Crippen LogP contribution is -1.86. The summed E-state index contributed by atoms with van der Waals surface area (Å²) in [6.45, 7) is 0. The molecular formula is C9H7NO2. The van der Waals surface area contributed by atoms with Crippen molar-refractivity contribution in [2.45, 2.75) is 6.42 Å². The second kappa shape index (κ2) is 3.54. The average Bonchev–Trinajstić information content (AvgIpc) is 2.09. The maximum atomic E-state index is 10.3. The fourth-order valence-electron chi connectivity index (χ4n) is 0.900. The zero-order valence-corrected chi connectivity index (χ0v) is 6.32. The molecule has 0 atom stereocenters. The summed E-state index contributed by atoms with van der Waals surface area (Å²) in [5.74, 6) is -0.0494. The zero-order chi connectivity index (χ0) is 8.97. The highest BCUT2D eigenvalue weighted by atomic mass is 16.3. The van der Waals surface area contributed by atoms with Crippen LogP contribution >= 0.6 is 0 Å². The molecule has 0 fully saturated rings. The molecule has 0 spiro atoms. The van der Waals surface area contributed by atoms with Gasteiger partial charge in [0.15, 0.2) is 6.29 Å². The van der Waals surface area contributed by atoms with Crippen LogP contribution < -0.4 is 0 Å². The standard InChI is InChI=1S/C9H7NO2/c10-4-3-7-1-2-9(12)8(5-7)6-11/h1-2,5-6,12H,3H2. The number of phenols is 1. The largest absolute Gasteiger partial charge is 0.507 e. The van der Waals surface area contributed by atoms with Gasteiger partial charge in [-0.15, -0.1) is 0 Å². The molecule has 0 saturated carbocycles. The maximum Gasteiger partial charge on any atom is 0.153 e. The minimum Gasteiger partial charge on any atom is -0.507 e. The van der Waals surface area contributed by atoms with Gasteiger partial charge in [0, 0.05) is 0 Å². The number of hydrogen-bond donors (Lipinski definition) is 1. The molecular weight excluding hydrogens is 154 g/mol. The molecule has 0 unspecified atom stereocenters. The highest BCUT2D eigenvalue weighted by Crippen LogP contribution is 2.16. The number of nitriles is 1. The van der Waals surface area contributed by atoms with E-state index in [9.17, 15) is 4.79 Å². The molecule has 12 heavy (non-hydrogen) atoms. The minimum atomic E-state index is -0.0494. The normalized spacial score (nSPS) is 8.92. The molecule has 60 valence electrons. The molecule has 1 aromatic carbocycles. The average molecular weight is 161 g/mol. The van der Waals surface area contributed by atoms with Crippen molar-refractivity contribution < 1.29 is 9.90 Å². The smallest absolute Gasteiger partial charge is 0.153 e. The fraction of sp³-hybridized carbons (Fsp3) is 0.111. The SMILES string of the molecule is N#CCc1ccc(O)c(C=O)c1. The number of phenolic OH excluding ortho intramolecular Hbond substituents is 1. The van der Waals surface area contributed by atoms with Crippen molar-refractivity contribution in [3.8, 4) is 11.8 Å². The van der Waals surface area contributed by atoms with Gasteiger partial charge in [-0.3, -0.25) is 4.79 Å². The molecule has 0 heterocycles. The molecule has 1 N–H and O–H groups in total. The van der Waals surface area contributed by atoms with Gasteiger partial charge >= 0.3 is 0 Å². The molecule has 0 aromatic heterocycles. The second-order valence-corrected chi connectivity index (χ2v) is 2.35. The Hall–Kier alpha value is -1.82. The molecule has 0 aliphatic heterocycles. The van der Waals surface area contributed by atoms with Crippen molar-refractivity contribution in [3.63, 3.8) is 0 Å². The van der Waals surface area contributed by atoms with Crippen LogP contribution in [-0.4, -0.2) is 11.4 Å². The van der Waals surface area contributed by atoms with Gasteiger partial charge in [-0.2, -0.15) is 5.26 Å². The van der Waals surface area contributed by atoms with Crippen LogP contribution in [0.15, 0.2) is 18.2 Å². The van der Waals surface area contributed by atoms with Crippen molar-refractivity contribution in [1.29, 1.82) is 5.26 Å². The van der Waals surface area contributed by atoms with Crippen LogP contribution in [0.25, 0.3) is 0 Å². The third-order valence-corrected chi connectivity index (χ3v) is 1.50. The van der Waals surface area contributed by atoms with Gasteiger partial charge in [0.1, 0.15) is 5.75 Å². The molecule has 1 rings (SSSR count). The van der Waals surface area contributed by atoms with Crippen LogP contribution in [0.5, 0.6) is 5.75 Å². The van der Waals surface area contributed by atoms with Gasteiger partial charge in [0.2, 0.25) is 0 Å². The molecule has 0 radical (unpaired) electrons. The summed E-state index contributed by atoms with van der Waals surface area (Å²) in [5, 5.41) is 17.4. The number of carbonyl (C=O) groups excluding carboxylic acids is 1. The number of nitrogens with zero attached hydrogens (tertiary/aromatic N) is 1. The molecule has 0 aliphatic rings. The number of aromatic hydroxyl groups is 1. The fourth-order valence-corrected chi connectivity index (χ4v) is 0.900. The first-order valence-electron chi connectivity index (χ1n) is 3.42. The monoisotopic (exact) mass is 161 g/mol. The Kier molecular flexibility index (Phi) is 2.44. The van der Waals surface area contributed by atoms with Crippen molar-refractivity contribution in [2.24, 2.45) is 0 Å². The Balaban J connectivity index is 3.06. The van der Waals surface area contributed by atoms with Gasteiger partial charge < -0.3 is 5.11 Å². The predicted molar refractivity (Wildman–Crippen MR) is 42.8 cm³/mol. The summed E-state index contributed by atoms with van der Waals surface area (Å²) in [7, 11) is 0. The van der Waals surface area contributed by atoms with E-state index in [-0.39, 0.29) is 17.7 Å². The van der Waals surface area contributed by atoms with Gasteiger partial charge in [0.05, 0.1) is 18.1 Å².